The molecule has 1 aliphatic carbocycles. The number of likely N-dealkylation sites (tertiary alicyclic amines) is 1. The molecule has 1 aliphatic heterocycles. The lowest BCUT2D eigenvalue weighted by atomic mass is 9.84. The van der Waals surface area contributed by atoms with Crippen molar-refractivity contribution in [2.75, 3.05) is 26.2 Å². The highest BCUT2D eigenvalue weighted by Crippen LogP contribution is 2.35. The van der Waals surface area contributed by atoms with Gasteiger partial charge < -0.3 is 14.7 Å². The number of unbranched alkanes of at least 4 members (excludes halogenated alkanes) is 1. The Morgan fingerprint density at radius 1 is 1.15 bits per heavy atom. The average molecular weight is 390 g/mol. The van der Waals surface area contributed by atoms with E-state index in [1.807, 2.05) is 6.07 Å². The van der Waals surface area contributed by atoms with Gasteiger partial charge in [-0.25, -0.2) is 0 Å². The molecule has 0 amide bonds. The largest absolute Gasteiger partial charge is 0.355 e. The van der Waals surface area contributed by atoms with Crippen molar-refractivity contribution >= 4 is 21.6 Å². The van der Waals surface area contributed by atoms with Crippen molar-refractivity contribution in [3.63, 3.8) is 0 Å². The molecule has 0 unspecified atom stereocenters. The highest BCUT2D eigenvalue weighted by atomic mass is 32.1. The van der Waals surface area contributed by atoms with Crippen molar-refractivity contribution < 1.29 is 4.52 Å². The number of fused-ring (bicyclic) bond motifs is 1. The van der Waals surface area contributed by atoms with Crippen molar-refractivity contribution in [2.45, 2.75) is 76.7 Å². The average Bonchev–Trinajstić information content (AvgIpc) is 3.33. The summed E-state index contributed by atoms with van der Waals surface area (Å²) in [7, 11) is 0. The molecule has 4 rings (SSSR count). The summed E-state index contributed by atoms with van der Waals surface area (Å²) in [6.45, 7) is 7.21. The topological polar surface area (TPSA) is 41.3 Å². The predicted molar refractivity (Wildman–Crippen MR) is 114 cm³/mol. The standard InChI is InChI=1S/C22H35N3OS/c1-2-17-5-7-19(8-6-17)23-12-3-4-13-25-14-9-18(10-15-25)21-22-20(26-24-21)11-16-27-22/h11,16-19,23H,2-10,12-15H2,1H3. The molecule has 1 saturated carbocycles. The molecule has 1 N–H and O–H groups in total. The summed E-state index contributed by atoms with van der Waals surface area (Å²) >= 11 is 1.77. The number of rotatable bonds is 8. The maximum atomic E-state index is 5.46. The third-order valence-corrected chi connectivity index (χ3v) is 7.75. The molecule has 4 nitrogen and oxygen atoms in total. The fourth-order valence-corrected chi connectivity index (χ4v) is 5.80. The van der Waals surface area contributed by atoms with Crippen molar-refractivity contribution in [3.05, 3.63) is 17.1 Å². The van der Waals surface area contributed by atoms with Gasteiger partial charge in [-0.3, -0.25) is 0 Å². The number of nitrogens with one attached hydrogen (secondary N) is 1. The second-order valence-electron chi connectivity index (χ2n) is 8.58. The van der Waals surface area contributed by atoms with E-state index in [-0.39, 0.29) is 0 Å². The predicted octanol–water partition coefficient (Wildman–Crippen LogP) is 5.41. The van der Waals surface area contributed by atoms with E-state index in [2.05, 4.69) is 27.7 Å². The van der Waals surface area contributed by atoms with Gasteiger partial charge in [-0.15, -0.1) is 11.3 Å². The molecule has 3 heterocycles. The van der Waals surface area contributed by atoms with Gasteiger partial charge in [0.15, 0.2) is 5.58 Å². The number of nitrogens with zero attached hydrogens (tertiary/aromatic N) is 2. The Balaban J connectivity index is 1.09. The molecular formula is C22H35N3OS. The van der Waals surface area contributed by atoms with Crippen molar-refractivity contribution in [2.24, 2.45) is 5.92 Å². The van der Waals surface area contributed by atoms with E-state index in [9.17, 15) is 0 Å². The Morgan fingerprint density at radius 2 is 1.96 bits per heavy atom. The first-order chi connectivity index (χ1) is 13.3. The number of piperidine rings is 1. The van der Waals surface area contributed by atoms with E-state index in [0.29, 0.717) is 5.92 Å². The second kappa shape index (κ2) is 9.53. The van der Waals surface area contributed by atoms with Gasteiger partial charge in [0.05, 0.1) is 4.70 Å². The van der Waals surface area contributed by atoms with Crippen LogP contribution in [0.25, 0.3) is 10.3 Å². The molecular weight excluding hydrogens is 354 g/mol. The molecule has 1 saturated heterocycles. The van der Waals surface area contributed by atoms with Crippen LogP contribution in [0, 0.1) is 5.92 Å². The maximum absolute atomic E-state index is 5.46. The molecule has 2 aliphatic rings. The van der Waals surface area contributed by atoms with Crippen molar-refractivity contribution in [3.8, 4) is 0 Å². The van der Waals surface area contributed by atoms with Gasteiger partial charge in [0.2, 0.25) is 0 Å². The number of thiophene rings is 1. The summed E-state index contributed by atoms with van der Waals surface area (Å²) in [5.74, 6) is 1.58. The summed E-state index contributed by atoms with van der Waals surface area (Å²) in [5.41, 5.74) is 2.18. The minimum absolute atomic E-state index is 0.584. The van der Waals surface area contributed by atoms with Gasteiger partial charge >= 0.3 is 0 Å². The van der Waals surface area contributed by atoms with Gasteiger partial charge in [-0.1, -0.05) is 18.5 Å². The monoisotopic (exact) mass is 389 g/mol. The molecule has 0 aromatic carbocycles. The van der Waals surface area contributed by atoms with Crippen LogP contribution in [0.3, 0.4) is 0 Å². The quantitative estimate of drug-likeness (QED) is 0.613. The smallest absolute Gasteiger partial charge is 0.177 e. The fourth-order valence-electron chi connectivity index (χ4n) is 4.93. The number of hydrogen-bond acceptors (Lipinski definition) is 5. The van der Waals surface area contributed by atoms with E-state index in [0.717, 1.165) is 17.5 Å². The zero-order valence-corrected chi connectivity index (χ0v) is 17.6. The van der Waals surface area contributed by atoms with Crippen LogP contribution >= 0.6 is 11.3 Å². The van der Waals surface area contributed by atoms with E-state index < -0.39 is 0 Å². The normalized spacial score (nSPS) is 25.4. The zero-order valence-electron chi connectivity index (χ0n) is 16.8. The van der Waals surface area contributed by atoms with Crippen LogP contribution < -0.4 is 5.32 Å². The maximum Gasteiger partial charge on any atom is 0.177 e. The highest BCUT2D eigenvalue weighted by Gasteiger charge is 2.25. The van der Waals surface area contributed by atoms with Crippen LogP contribution in [0.15, 0.2) is 16.0 Å². The Hall–Kier alpha value is -0.910. The lowest BCUT2D eigenvalue weighted by molar-refractivity contribution is 0.205. The first-order valence-electron chi connectivity index (χ1n) is 11.1. The summed E-state index contributed by atoms with van der Waals surface area (Å²) in [6.07, 6.45) is 12.1. The van der Waals surface area contributed by atoms with Crippen LogP contribution in [0.4, 0.5) is 0 Å². The van der Waals surface area contributed by atoms with Crippen LogP contribution in [0.2, 0.25) is 0 Å². The second-order valence-corrected chi connectivity index (χ2v) is 9.50. The third kappa shape index (κ3) is 4.93. The summed E-state index contributed by atoms with van der Waals surface area (Å²) in [4.78, 5) is 2.65. The molecule has 2 aromatic heterocycles. The third-order valence-electron chi connectivity index (χ3n) is 6.84. The summed E-state index contributed by atoms with van der Waals surface area (Å²) in [5, 5.41) is 10.3. The molecule has 27 heavy (non-hydrogen) atoms. The first kappa shape index (κ1) is 19.4. The fraction of sp³-hybridized carbons (Fsp3) is 0.773. The molecule has 0 atom stereocenters. The minimum atomic E-state index is 0.584. The molecule has 5 heteroatoms. The molecule has 0 bridgehead atoms. The Bertz CT molecular complexity index is 681. The molecule has 0 spiro atoms. The summed E-state index contributed by atoms with van der Waals surface area (Å²) in [6, 6.07) is 2.83. The van der Waals surface area contributed by atoms with Gasteiger partial charge in [0, 0.05) is 12.0 Å². The van der Waals surface area contributed by atoms with E-state index in [1.165, 1.54) is 94.4 Å². The van der Waals surface area contributed by atoms with E-state index in [4.69, 9.17) is 4.52 Å². The Morgan fingerprint density at radius 3 is 2.74 bits per heavy atom. The van der Waals surface area contributed by atoms with E-state index in [1.54, 1.807) is 11.3 Å². The molecule has 0 radical (unpaired) electrons. The number of hydrogen-bond donors (Lipinski definition) is 1. The van der Waals surface area contributed by atoms with Crippen LogP contribution in [-0.4, -0.2) is 42.3 Å². The Kier molecular flexibility index (Phi) is 6.85. The van der Waals surface area contributed by atoms with Crippen molar-refractivity contribution in [1.82, 2.24) is 15.4 Å². The molecule has 150 valence electrons. The lowest BCUT2D eigenvalue weighted by Gasteiger charge is -2.31. The Labute approximate surface area is 167 Å². The summed E-state index contributed by atoms with van der Waals surface area (Å²) < 4.78 is 6.73. The van der Waals surface area contributed by atoms with Gasteiger partial charge in [0.25, 0.3) is 0 Å². The van der Waals surface area contributed by atoms with Crippen LogP contribution in [0.1, 0.15) is 76.3 Å². The molecule has 2 aromatic rings. The SMILES string of the molecule is CCC1CCC(NCCCCN2CCC(c3noc4ccsc34)CC2)CC1. The van der Waals surface area contributed by atoms with Crippen LogP contribution in [-0.2, 0) is 0 Å². The van der Waals surface area contributed by atoms with E-state index >= 15 is 0 Å². The van der Waals surface area contributed by atoms with Crippen molar-refractivity contribution in [1.29, 1.82) is 0 Å². The molecule has 2 fully saturated rings. The van der Waals surface area contributed by atoms with Gasteiger partial charge in [-0.2, -0.15) is 0 Å². The first-order valence-corrected chi connectivity index (χ1v) is 12.0. The van der Waals surface area contributed by atoms with Gasteiger partial charge in [0.1, 0.15) is 5.69 Å². The lowest BCUT2D eigenvalue weighted by Crippen LogP contribution is -2.35. The minimum Gasteiger partial charge on any atom is -0.355 e. The van der Waals surface area contributed by atoms with Gasteiger partial charge in [-0.05, 0) is 94.9 Å². The highest BCUT2D eigenvalue weighted by molar-refractivity contribution is 7.17. The van der Waals surface area contributed by atoms with Crippen LogP contribution in [0.5, 0.6) is 0 Å². The zero-order chi connectivity index (χ0) is 18.5. The number of aromatic nitrogens is 1.